The molecule has 1 atom stereocenters. The van der Waals surface area contributed by atoms with Crippen LogP contribution in [0.4, 0.5) is 5.95 Å². The lowest BCUT2D eigenvalue weighted by molar-refractivity contribution is 0.102. The number of hydrogen-bond donors (Lipinski definition) is 2. The Hall–Kier alpha value is -2.77. The maximum atomic E-state index is 12.8. The van der Waals surface area contributed by atoms with E-state index in [1.54, 1.807) is 6.20 Å². The molecule has 0 radical (unpaired) electrons. The van der Waals surface area contributed by atoms with E-state index < -0.39 is 0 Å². The van der Waals surface area contributed by atoms with Gasteiger partial charge >= 0.3 is 0 Å². The zero-order chi connectivity index (χ0) is 17.0. The number of amides is 1. The van der Waals surface area contributed by atoms with Gasteiger partial charge in [-0.05, 0) is 44.6 Å². The third kappa shape index (κ3) is 2.57. The van der Waals surface area contributed by atoms with Crippen LogP contribution in [-0.2, 0) is 0 Å². The number of aromatic nitrogens is 6. The van der Waals surface area contributed by atoms with Crippen LogP contribution >= 0.6 is 0 Å². The second kappa shape index (κ2) is 5.37. The minimum atomic E-state index is -0.218. The molecule has 3 aromatic heterocycles. The van der Waals surface area contributed by atoms with Gasteiger partial charge in [-0.25, -0.2) is 14.8 Å². The molecule has 1 amide bonds. The van der Waals surface area contributed by atoms with Gasteiger partial charge in [0.1, 0.15) is 6.33 Å². The molecule has 2 saturated carbocycles. The molecule has 3 aromatic rings. The Morgan fingerprint density at radius 3 is 2.88 bits per heavy atom. The lowest BCUT2D eigenvalue weighted by Crippen LogP contribution is -2.15. The van der Waals surface area contributed by atoms with Crippen LogP contribution in [0.15, 0.2) is 18.6 Å². The van der Waals surface area contributed by atoms with E-state index in [-0.39, 0.29) is 5.91 Å². The Labute approximate surface area is 144 Å². The average Bonchev–Trinajstić information content (AvgIpc) is 3.54. The summed E-state index contributed by atoms with van der Waals surface area (Å²) in [6, 6.07) is 2.21. The molecule has 5 rings (SSSR count). The molecule has 128 valence electrons. The quantitative estimate of drug-likeness (QED) is 0.745. The predicted molar refractivity (Wildman–Crippen MR) is 91.3 cm³/mol. The van der Waals surface area contributed by atoms with Crippen molar-refractivity contribution in [2.45, 2.75) is 44.6 Å². The molecular formula is C17H19N7O. The zero-order valence-corrected chi connectivity index (χ0v) is 13.9. The molecular weight excluding hydrogens is 318 g/mol. The van der Waals surface area contributed by atoms with Gasteiger partial charge in [0.15, 0.2) is 5.65 Å². The molecule has 2 fully saturated rings. The van der Waals surface area contributed by atoms with Crippen LogP contribution in [0, 0.1) is 5.92 Å². The Morgan fingerprint density at radius 1 is 1.36 bits per heavy atom. The van der Waals surface area contributed by atoms with Crippen LogP contribution < -0.4 is 5.32 Å². The summed E-state index contributed by atoms with van der Waals surface area (Å²) < 4.78 is 1.99. The minimum Gasteiger partial charge on any atom is -0.291 e. The maximum absolute atomic E-state index is 12.8. The molecule has 2 aliphatic carbocycles. The summed E-state index contributed by atoms with van der Waals surface area (Å²) in [6.45, 7) is 2.18. The fraction of sp³-hybridized carbons (Fsp3) is 0.471. The van der Waals surface area contributed by atoms with Gasteiger partial charge in [0.25, 0.3) is 5.91 Å². The average molecular weight is 337 g/mol. The third-order valence-corrected chi connectivity index (χ3v) is 5.16. The van der Waals surface area contributed by atoms with Crippen molar-refractivity contribution in [1.82, 2.24) is 29.9 Å². The fourth-order valence-corrected chi connectivity index (χ4v) is 3.33. The highest BCUT2D eigenvalue weighted by atomic mass is 16.1. The molecule has 1 unspecified atom stereocenters. The highest BCUT2D eigenvalue weighted by Crippen LogP contribution is 2.42. The van der Waals surface area contributed by atoms with Gasteiger partial charge < -0.3 is 0 Å². The van der Waals surface area contributed by atoms with Gasteiger partial charge in [-0.2, -0.15) is 15.2 Å². The molecule has 0 spiro atoms. The highest BCUT2D eigenvalue weighted by molar-refractivity contribution is 6.11. The van der Waals surface area contributed by atoms with Gasteiger partial charge in [0.05, 0.1) is 23.2 Å². The van der Waals surface area contributed by atoms with E-state index in [2.05, 4.69) is 32.5 Å². The number of carbonyl (C=O) groups is 1. The van der Waals surface area contributed by atoms with E-state index in [9.17, 15) is 4.79 Å². The van der Waals surface area contributed by atoms with Gasteiger partial charge in [0, 0.05) is 11.6 Å². The number of rotatable bonds is 5. The summed E-state index contributed by atoms with van der Waals surface area (Å²) in [5, 5.41) is 14.5. The summed E-state index contributed by atoms with van der Waals surface area (Å²) in [6.07, 6.45) is 7.87. The van der Waals surface area contributed by atoms with Crippen molar-refractivity contribution in [3.63, 3.8) is 0 Å². The largest absolute Gasteiger partial charge is 0.291 e. The first-order valence-electron chi connectivity index (χ1n) is 8.75. The van der Waals surface area contributed by atoms with E-state index in [1.165, 1.54) is 19.2 Å². The third-order valence-electron chi connectivity index (χ3n) is 5.16. The number of carbonyl (C=O) groups excluding carboxylic acids is 1. The zero-order valence-electron chi connectivity index (χ0n) is 13.9. The number of anilines is 1. The lowest BCUT2D eigenvalue weighted by atomic mass is 10.1. The van der Waals surface area contributed by atoms with Gasteiger partial charge in [0.2, 0.25) is 5.95 Å². The van der Waals surface area contributed by atoms with E-state index in [4.69, 9.17) is 4.98 Å². The molecule has 8 heteroatoms. The summed E-state index contributed by atoms with van der Waals surface area (Å²) in [4.78, 5) is 21.6. The van der Waals surface area contributed by atoms with E-state index in [0.717, 1.165) is 29.6 Å². The summed E-state index contributed by atoms with van der Waals surface area (Å²) in [5.74, 6) is 1.24. The smallest absolute Gasteiger partial charge is 0.258 e. The Morgan fingerprint density at radius 2 is 2.20 bits per heavy atom. The minimum absolute atomic E-state index is 0.218. The van der Waals surface area contributed by atoms with Gasteiger partial charge in [-0.3, -0.25) is 10.1 Å². The Balaban J connectivity index is 1.60. The van der Waals surface area contributed by atoms with Crippen molar-refractivity contribution in [3.8, 4) is 0 Å². The van der Waals surface area contributed by atoms with E-state index in [1.807, 2.05) is 10.7 Å². The summed E-state index contributed by atoms with van der Waals surface area (Å²) in [5.41, 5.74) is 2.39. The number of nitrogens with one attached hydrogen (secondary N) is 2. The number of nitrogens with zero attached hydrogens (tertiary/aromatic N) is 5. The van der Waals surface area contributed by atoms with Crippen molar-refractivity contribution in [3.05, 3.63) is 29.8 Å². The van der Waals surface area contributed by atoms with Crippen LogP contribution in [0.1, 0.15) is 60.6 Å². The summed E-state index contributed by atoms with van der Waals surface area (Å²) in [7, 11) is 0. The number of fused-ring (bicyclic) bond motifs is 1. The predicted octanol–water partition coefficient (Wildman–Crippen LogP) is 2.65. The van der Waals surface area contributed by atoms with Crippen LogP contribution in [0.25, 0.3) is 11.0 Å². The monoisotopic (exact) mass is 337 g/mol. The highest BCUT2D eigenvalue weighted by Gasteiger charge is 2.32. The lowest BCUT2D eigenvalue weighted by Gasteiger charge is -2.13. The Kier molecular flexibility index (Phi) is 3.13. The number of aromatic amines is 1. The fourth-order valence-electron chi connectivity index (χ4n) is 3.33. The van der Waals surface area contributed by atoms with Crippen molar-refractivity contribution < 1.29 is 4.79 Å². The molecule has 0 saturated heterocycles. The van der Waals surface area contributed by atoms with E-state index in [0.29, 0.717) is 29.4 Å². The molecule has 2 N–H and O–H groups in total. The number of hydrogen-bond acceptors (Lipinski definition) is 5. The van der Waals surface area contributed by atoms with Crippen molar-refractivity contribution in [1.29, 1.82) is 0 Å². The normalized spacial score (nSPS) is 18.4. The maximum Gasteiger partial charge on any atom is 0.258 e. The second-order valence-electron chi connectivity index (χ2n) is 7.06. The Bertz CT molecular complexity index is 937. The van der Waals surface area contributed by atoms with Crippen molar-refractivity contribution in [2.75, 3.05) is 5.32 Å². The number of pyridine rings is 1. The van der Waals surface area contributed by atoms with Crippen LogP contribution in [0.2, 0.25) is 0 Å². The molecule has 0 aromatic carbocycles. The standard InChI is InChI=1S/C17H19N7O/c1-9(10-2-3-10)24-15-13(7-20-24)12(6-14(21-15)11-4-5-11)16(25)22-17-18-8-19-23-17/h6-11H,2-5H2,1H3,(H2,18,19,22,23,25). The van der Waals surface area contributed by atoms with Crippen molar-refractivity contribution in [2.24, 2.45) is 5.92 Å². The van der Waals surface area contributed by atoms with Crippen LogP contribution in [0.3, 0.4) is 0 Å². The molecule has 0 aliphatic heterocycles. The first-order chi connectivity index (χ1) is 12.2. The summed E-state index contributed by atoms with van der Waals surface area (Å²) >= 11 is 0. The molecule has 25 heavy (non-hydrogen) atoms. The van der Waals surface area contributed by atoms with Crippen LogP contribution in [-0.4, -0.2) is 35.9 Å². The first-order valence-corrected chi connectivity index (χ1v) is 8.75. The van der Waals surface area contributed by atoms with Gasteiger partial charge in [-0.1, -0.05) is 0 Å². The van der Waals surface area contributed by atoms with E-state index >= 15 is 0 Å². The number of H-pyrrole nitrogens is 1. The molecule has 0 bridgehead atoms. The van der Waals surface area contributed by atoms with Crippen LogP contribution in [0.5, 0.6) is 0 Å². The second-order valence-corrected chi connectivity index (χ2v) is 7.06. The molecule has 3 heterocycles. The first kappa shape index (κ1) is 14.6. The van der Waals surface area contributed by atoms with Gasteiger partial charge in [-0.15, -0.1) is 0 Å². The van der Waals surface area contributed by atoms with Crippen molar-refractivity contribution >= 4 is 22.9 Å². The SMILES string of the molecule is CC(C1CC1)n1ncc2c(C(=O)Nc3ncn[nH]3)cc(C3CC3)nc21. The molecule has 8 nitrogen and oxygen atoms in total. The molecule has 2 aliphatic rings. The topological polar surface area (TPSA) is 101 Å².